The molecule has 9 heteroatoms. The lowest BCUT2D eigenvalue weighted by atomic mass is 10.2. The summed E-state index contributed by atoms with van der Waals surface area (Å²) < 4.78 is 28.8. The van der Waals surface area contributed by atoms with Crippen molar-refractivity contribution in [3.63, 3.8) is 0 Å². The minimum Gasteiger partial charge on any atom is -0.307 e. The summed E-state index contributed by atoms with van der Waals surface area (Å²) in [6.07, 6.45) is 5.67. The summed E-state index contributed by atoms with van der Waals surface area (Å²) >= 11 is 6.21. The smallest absolute Gasteiger partial charge is 0.258 e. The molecule has 150 valence electrons. The third-order valence-corrected chi connectivity index (χ3v) is 7.71. The van der Waals surface area contributed by atoms with E-state index >= 15 is 0 Å². The van der Waals surface area contributed by atoms with E-state index in [9.17, 15) is 13.2 Å². The standard InChI is InChI=1S/C19H23ClN4O3S/c1-13(14-4-5-14)24-18(8-9-21-24)22-19(25)16-12-15(6-7-17(16)20)28(26,27)23-10-2-3-11-23/h6-9,12-14H,2-5,10-11H2,1H3,(H,22,25). The van der Waals surface area contributed by atoms with Crippen molar-refractivity contribution in [3.05, 3.63) is 41.0 Å². The number of amides is 1. The van der Waals surface area contributed by atoms with Gasteiger partial charge in [-0.05, 0) is 56.7 Å². The number of carbonyl (C=O) groups is 1. The summed E-state index contributed by atoms with van der Waals surface area (Å²) in [6, 6.07) is 6.20. The van der Waals surface area contributed by atoms with Crippen molar-refractivity contribution < 1.29 is 13.2 Å². The Hall–Kier alpha value is -1.90. The molecule has 2 fully saturated rings. The molecule has 0 spiro atoms. The Morgan fingerprint density at radius 1 is 1.25 bits per heavy atom. The summed E-state index contributed by atoms with van der Waals surface area (Å²) in [5, 5.41) is 7.36. The highest BCUT2D eigenvalue weighted by Crippen LogP contribution is 2.40. The van der Waals surface area contributed by atoms with Crippen molar-refractivity contribution in [1.29, 1.82) is 0 Å². The van der Waals surface area contributed by atoms with Crippen molar-refractivity contribution in [2.45, 2.75) is 43.5 Å². The van der Waals surface area contributed by atoms with Gasteiger partial charge < -0.3 is 5.32 Å². The van der Waals surface area contributed by atoms with Gasteiger partial charge in [-0.15, -0.1) is 0 Å². The molecule has 1 N–H and O–H groups in total. The van der Waals surface area contributed by atoms with Crippen LogP contribution in [0.1, 0.15) is 49.0 Å². The van der Waals surface area contributed by atoms with E-state index in [0.29, 0.717) is 24.8 Å². The fourth-order valence-corrected chi connectivity index (χ4v) is 5.36. The van der Waals surface area contributed by atoms with Gasteiger partial charge in [0.2, 0.25) is 10.0 Å². The maximum atomic E-state index is 12.8. The average Bonchev–Trinajstić information content (AvgIpc) is 3.16. The zero-order chi connectivity index (χ0) is 19.9. The second-order valence-electron chi connectivity index (χ2n) is 7.45. The first-order valence-electron chi connectivity index (χ1n) is 9.52. The molecule has 1 unspecified atom stereocenters. The Morgan fingerprint density at radius 3 is 2.64 bits per heavy atom. The number of hydrogen-bond acceptors (Lipinski definition) is 4. The lowest BCUT2D eigenvalue weighted by molar-refractivity contribution is 0.102. The number of rotatable bonds is 6. The summed E-state index contributed by atoms with van der Waals surface area (Å²) in [5.41, 5.74) is 0.133. The zero-order valence-corrected chi connectivity index (χ0v) is 17.2. The first-order valence-corrected chi connectivity index (χ1v) is 11.3. The zero-order valence-electron chi connectivity index (χ0n) is 15.6. The van der Waals surface area contributed by atoms with E-state index in [2.05, 4.69) is 17.3 Å². The van der Waals surface area contributed by atoms with Gasteiger partial charge in [0.15, 0.2) is 0 Å². The van der Waals surface area contributed by atoms with Crippen LogP contribution in [-0.2, 0) is 10.0 Å². The molecule has 1 saturated carbocycles. The Balaban J connectivity index is 1.59. The van der Waals surface area contributed by atoms with Crippen LogP contribution in [0.3, 0.4) is 0 Å². The number of nitrogens with one attached hydrogen (secondary N) is 1. The molecule has 1 atom stereocenters. The predicted molar refractivity (Wildman–Crippen MR) is 107 cm³/mol. The average molecular weight is 423 g/mol. The van der Waals surface area contributed by atoms with Gasteiger partial charge in [-0.1, -0.05) is 11.6 Å². The fourth-order valence-electron chi connectivity index (χ4n) is 3.62. The van der Waals surface area contributed by atoms with Crippen molar-refractivity contribution in [3.8, 4) is 0 Å². The topological polar surface area (TPSA) is 84.3 Å². The van der Waals surface area contributed by atoms with Crippen LogP contribution in [0.25, 0.3) is 0 Å². The predicted octanol–water partition coefficient (Wildman–Crippen LogP) is 3.54. The molecular formula is C19H23ClN4O3S. The highest BCUT2D eigenvalue weighted by atomic mass is 35.5. The molecule has 1 saturated heterocycles. The van der Waals surface area contributed by atoms with Crippen LogP contribution in [0.15, 0.2) is 35.4 Å². The number of benzene rings is 1. The SMILES string of the molecule is CC(C1CC1)n1nccc1NC(=O)c1cc(S(=O)(=O)N2CCCC2)ccc1Cl. The molecule has 1 amide bonds. The second-order valence-corrected chi connectivity index (χ2v) is 9.79. The molecule has 2 heterocycles. The molecule has 2 aliphatic rings. The van der Waals surface area contributed by atoms with Crippen molar-refractivity contribution in [2.75, 3.05) is 18.4 Å². The molecule has 4 rings (SSSR count). The molecule has 2 aromatic rings. The van der Waals surface area contributed by atoms with Gasteiger partial charge in [0.25, 0.3) is 5.91 Å². The first-order chi connectivity index (χ1) is 13.4. The molecule has 1 aromatic heterocycles. The van der Waals surface area contributed by atoms with Gasteiger partial charge in [0.05, 0.1) is 27.7 Å². The molecule has 1 aliphatic carbocycles. The monoisotopic (exact) mass is 422 g/mol. The normalized spacial score (nSPS) is 18.9. The minimum absolute atomic E-state index is 0.0869. The van der Waals surface area contributed by atoms with Crippen LogP contribution < -0.4 is 5.32 Å². The van der Waals surface area contributed by atoms with Crippen LogP contribution in [-0.4, -0.2) is 41.5 Å². The summed E-state index contributed by atoms with van der Waals surface area (Å²) in [4.78, 5) is 12.9. The molecule has 0 bridgehead atoms. The van der Waals surface area contributed by atoms with Gasteiger partial charge in [0.1, 0.15) is 5.82 Å². The highest BCUT2D eigenvalue weighted by molar-refractivity contribution is 7.89. The Bertz CT molecular complexity index is 994. The lowest BCUT2D eigenvalue weighted by Gasteiger charge is -2.17. The Morgan fingerprint density at radius 2 is 1.96 bits per heavy atom. The van der Waals surface area contributed by atoms with Crippen molar-refractivity contribution in [1.82, 2.24) is 14.1 Å². The summed E-state index contributed by atoms with van der Waals surface area (Å²) in [7, 11) is -3.62. The third kappa shape index (κ3) is 3.68. The third-order valence-electron chi connectivity index (χ3n) is 5.49. The van der Waals surface area contributed by atoms with Crippen LogP contribution >= 0.6 is 11.6 Å². The maximum Gasteiger partial charge on any atom is 0.258 e. The first kappa shape index (κ1) is 19.4. The summed E-state index contributed by atoms with van der Waals surface area (Å²) in [5.74, 6) is 0.703. The lowest BCUT2D eigenvalue weighted by Crippen LogP contribution is -2.28. The summed E-state index contributed by atoms with van der Waals surface area (Å²) in [6.45, 7) is 3.09. The van der Waals surface area contributed by atoms with Gasteiger partial charge in [0, 0.05) is 19.2 Å². The van der Waals surface area contributed by atoms with Crippen LogP contribution in [0.2, 0.25) is 5.02 Å². The van der Waals surface area contributed by atoms with E-state index in [4.69, 9.17) is 11.6 Å². The largest absolute Gasteiger partial charge is 0.307 e. The van der Waals surface area contributed by atoms with Crippen LogP contribution in [0.5, 0.6) is 0 Å². The van der Waals surface area contributed by atoms with Gasteiger partial charge in [-0.25, -0.2) is 13.1 Å². The van der Waals surface area contributed by atoms with Crippen molar-refractivity contribution in [2.24, 2.45) is 5.92 Å². The minimum atomic E-state index is -3.62. The molecule has 1 aliphatic heterocycles. The molecule has 0 radical (unpaired) electrons. The number of anilines is 1. The van der Waals surface area contributed by atoms with E-state index in [1.807, 2.05) is 0 Å². The molecule has 7 nitrogen and oxygen atoms in total. The Labute approximate surface area is 169 Å². The van der Waals surface area contributed by atoms with Gasteiger partial charge in [-0.3, -0.25) is 4.79 Å². The highest BCUT2D eigenvalue weighted by Gasteiger charge is 2.31. The molecule has 28 heavy (non-hydrogen) atoms. The van der Waals surface area contributed by atoms with Gasteiger partial charge >= 0.3 is 0 Å². The van der Waals surface area contributed by atoms with E-state index in [1.54, 1.807) is 16.9 Å². The van der Waals surface area contributed by atoms with E-state index < -0.39 is 15.9 Å². The second kappa shape index (κ2) is 7.50. The molecule has 1 aromatic carbocycles. The van der Waals surface area contributed by atoms with E-state index in [-0.39, 0.29) is 21.5 Å². The number of nitrogens with zero attached hydrogens (tertiary/aromatic N) is 3. The number of aromatic nitrogens is 2. The number of sulfonamides is 1. The van der Waals surface area contributed by atoms with E-state index in [0.717, 1.165) is 25.7 Å². The van der Waals surface area contributed by atoms with Gasteiger partial charge in [-0.2, -0.15) is 9.40 Å². The number of carbonyl (C=O) groups excluding carboxylic acids is 1. The van der Waals surface area contributed by atoms with E-state index in [1.165, 1.54) is 22.5 Å². The Kier molecular flexibility index (Phi) is 5.20. The molecular weight excluding hydrogens is 400 g/mol. The number of hydrogen-bond donors (Lipinski definition) is 1. The van der Waals surface area contributed by atoms with Crippen molar-refractivity contribution >= 4 is 33.3 Å². The maximum absolute atomic E-state index is 12.8. The fraction of sp³-hybridized carbons (Fsp3) is 0.474. The van der Waals surface area contributed by atoms with Crippen LogP contribution in [0.4, 0.5) is 5.82 Å². The quantitative estimate of drug-likeness (QED) is 0.771. The number of halogens is 1. The van der Waals surface area contributed by atoms with Crippen LogP contribution in [0, 0.1) is 5.92 Å².